The van der Waals surface area contributed by atoms with Gasteiger partial charge in [-0.05, 0) is 35.0 Å². The average Bonchev–Trinajstić information content (AvgIpc) is 1.85. The van der Waals surface area contributed by atoms with Crippen LogP contribution in [0.15, 0.2) is 21.5 Å². The van der Waals surface area contributed by atoms with Crippen LogP contribution in [-0.2, 0) is 0 Å². The number of carbonyl (C=O) groups excluding carboxylic acids is 1. The zero-order valence-corrected chi connectivity index (χ0v) is 7.44. The number of aromatic nitrogens is 1. The van der Waals surface area contributed by atoms with E-state index in [4.69, 9.17) is 0 Å². The summed E-state index contributed by atoms with van der Waals surface area (Å²) < 4.78 is 0.576. The molecule has 0 saturated heterocycles. The van der Waals surface area contributed by atoms with Crippen molar-refractivity contribution in [2.75, 3.05) is 0 Å². The molecule has 1 N–H and O–H groups in total. The van der Waals surface area contributed by atoms with Gasteiger partial charge in [0.05, 0.1) is 10.2 Å². The summed E-state index contributed by atoms with van der Waals surface area (Å²) in [5.74, 6) is -0.223. The van der Waals surface area contributed by atoms with Gasteiger partial charge < -0.3 is 4.98 Å². The maximum absolute atomic E-state index is 11.0. The van der Waals surface area contributed by atoms with Crippen LogP contribution in [0.25, 0.3) is 0 Å². The van der Waals surface area contributed by atoms with Crippen molar-refractivity contribution in [3.05, 3.63) is 32.7 Å². The number of Topliss-reactive ketones (excluding diaryl/α,β-unsaturated/α-hetero) is 1. The highest BCUT2D eigenvalue weighted by Crippen LogP contribution is 2.02. The van der Waals surface area contributed by atoms with Crippen LogP contribution in [-0.4, -0.2) is 10.8 Å². The van der Waals surface area contributed by atoms with Crippen molar-refractivity contribution in [3.8, 4) is 0 Å². The Kier molecular flexibility index (Phi) is 2.24. The van der Waals surface area contributed by atoms with Gasteiger partial charge in [0, 0.05) is 0 Å². The van der Waals surface area contributed by atoms with Crippen molar-refractivity contribution in [3.63, 3.8) is 0 Å². The molecule has 1 rings (SSSR count). The predicted molar refractivity (Wildman–Crippen MR) is 44.8 cm³/mol. The summed E-state index contributed by atoms with van der Waals surface area (Å²) in [6.45, 7) is 1.36. The number of aromatic amines is 1. The van der Waals surface area contributed by atoms with E-state index in [-0.39, 0.29) is 16.9 Å². The molecule has 11 heavy (non-hydrogen) atoms. The lowest BCUT2D eigenvalue weighted by atomic mass is 10.2. The molecular weight excluding hydrogens is 210 g/mol. The Morgan fingerprint density at radius 2 is 2.18 bits per heavy atom. The van der Waals surface area contributed by atoms with Crippen molar-refractivity contribution in [2.24, 2.45) is 0 Å². The topological polar surface area (TPSA) is 49.9 Å². The molecule has 0 atom stereocenters. The molecule has 0 aliphatic rings. The van der Waals surface area contributed by atoms with Crippen molar-refractivity contribution in [2.45, 2.75) is 6.92 Å². The molecule has 0 fully saturated rings. The van der Waals surface area contributed by atoms with Gasteiger partial charge in [0.1, 0.15) is 0 Å². The summed E-state index contributed by atoms with van der Waals surface area (Å²) in [4.78, 5) is 24.2. The monoisotopic (exact) mass is 215 g/mol. The van der Waals surface area contributed by atoms with Gasteiger partial charge >= 0.3 is 0 Å². The fourth-order valence-corrected chi connectivity index (χ4v) is 1.04. The van der Waals surface area contributed by atoms with Gasteiger partial charge in [0.25, 0.3) is 5.56 Å². The summed E-state index contributed by atoms with van der Waals surface area (Å²) >= 11 is 3.08. The van der Waals surface area contributed by atoms with Crippen LogP contribution in [0.3, 0.4) is 0 Å². The van der Waals surface area contributed by atoms with Gasteiger partial charge in [0.15, 0.2) is 5.78 Å². The number of nitrogens with one attached hydrogen (secondary N) is 1. The molecule has 0 saturated carbocycles. The van der Waals surface area contributed by atoms with Crippen LogP contribution in [0.2, 0.25) is 0 Å². The standard InChI is InChI=1S/C7H6BrNO2/c1-4(10)5-2-3-6(8)9-7(5)11/h2-3H,1H3,(H,9,11). The third kappa shape index (κ3) is 1.77. The maximum Gasteiger partial charge on any atom is 0.259 e. The van der Waals surface area contributed by atoms with E-state index >= 15 is 0 Å². The van der Waals surface area contributed by atoms with E-state index < -0.39 is 0 Å². The second kappa shape index (κ2) is 3.00. The Balaban J connectivity index is 3.32. The summed E-state index contributed by atoms with van der Waals surface area (Å²) in [7, 11) is 0. The molecule has 1 aromatic rings. The van der Waals surface area contributed by atoms with Crippen LogP contribution < -0.4 is 5.56 Å². The lowest BCUT2D eigenvalue weighted by Crippen LogP contribution is -2.15. The van der Waals surface area contributed by atoms with Crippen molar-refractivity contribution in [1.82, 2.24) is 4.98 Å². The van der Waals surface area contributed by atoms with Gasteiger partial charge in [-0.25, -0.2) is 0 Å². The first kappa shape index (κ1) is 8.20. The molecule has 3 nitrogen and oxygen atoms in total. The largest absolute Gasteiger partial charge is 0.316 e. The highest BCUT2D eigenvalue weighted by molar-refractivity contribution is 9.10. The SMILES string of the molecule is CC(=O)c1ccc(Br)[nH]c1=O. The third-order valence-corrected chi connectivity index (χ3v) is 1.72. The van der Waals surface area contributed by atoms with E-state index in [0.29, 0.717) is 4.60 Å². The second-order valence-electron chi connectivity index (χ2n) is 2.11. The Morgan fingerprint density at radius 3 is 2.64 bits per heavy atom. The van der Waals surface area contributed by atoms with E-state index in [2.05, 4.69) is 20.9 Å². The minimum atomic E-state index is -0.355. The van der Waals surface area contributed by atoms with Gasteiger partial charge in [-0.15, -0.1) is 0 Å². The van der Waals surface area contributed by atoms with E-state index in [1.54, 1.807) is 6.07 Å². The van der Waals surface area contributed by atoms with Crippen LogP contribution in [0.4, 0.5) is 0 Å². The lowest BCUT2D eigenvalue weighted by Gasteiger charge is -1.93. The fraction of sp³-hybridized carbons (Fsp3) is 0.143. The molecular formula is C7H6BrNO2. The van der Waals surface area contributed by atoms with Crippen molar-refractivity contribution >= 4 is 21.7 Å². The molecule has 4 heteroatoms. The molecule has 0 radical (unpaired) electrons. The minimum Gasteiger partial charge on any atom is -0.316 e. The zero-order chi connectivity index (χ0) is 8.43. The molecule has 0 aliphatic heterocycles. The summed E-state index contributed by atoms with van der Waals surface area (Å²) in [5.41, 5.74) is -0.167. The van der Waals surface area contributed by atoms with Gasteiger partial charge in [-0.1, -0.05) is 0 Å². The van der Waals surface area contributed by atoms with Crippen LogP contribution in [0.5, 0.6) is 0 Å². The number of carbonyl (C=O) groups is 1. The number of ketones is 1. The molecule has 1 heterocycles. The van der Waals surface area contributed by atoms with Crippen LogP contribution in [0, 0.1) is 0 Å². The first-order valence-electron chi connectivity index (χ1n) is 3.01. The van der Waals surface area contributed by atoms with E-state index in [9.17, 15) is 9.59 Å². The number of halogens is 1. The van der Waals surface area contributed by atoms with Crippen LogP contribution in [0.1, 0.15) is 17.3 Å². The molecule has 0 unspecified atom stereocenters. The predicted octanol–water partition coefficient (Wildman–Crippen LogP) is 1.34. The number of hydrogen-bond acceptors (Lipinski definition) is 2. The number of H-pyrrole nitrogens is 1. The van der Waals surface area contributed by atoms with Crippen LogP contribution >= 0.6 is 15.9 Å². The van der Waals surface area contributed by atoms with Gasteiger partial charge in [-0.2, -0.15) is 0 Å². The van der Waals surface area contributed by atoms with Gasteiger partial charge in [-0.3, -0.25) is 9.59 Å². The molecule has 1 aromatic heterocycles. The number of rotatable bonds is 1. The lowest BCUT2D eigenvalue weighted by molar-refractivity contribution is 0.101. The van der Waals surface area contributed by atoms with E-state index in [1.807, 2.05) is 0 Å². The van der Waals surface area contributed by atoms with Gasteiger partial charge in [0.2, 0.25) is 0 Å². The highest BCUT2D eigenvalue weighted by atomic mass is 79.9. The third-order valence-electron chi connectivity index (χ3n) is 1.25. The van der Waals surface area contributed by atoms with Crippen molar-refractivity contribution < 1.29 is 4.79 Å². The Bertz CT molecular complexity index is 343. The first-order chi connectivity index (χ1) is 5.11. The summed E-state index contributed by atoms with van der Waals surface area (Å²) in [6.07, 6.45) is 0. The molecule has 0 spiro atoms. The van der Waals surface area contributed by atoms with E-state index in [0.717, 1.165) is 0 Å². The second-order valence-corrected chi connectivity index (χ2v) is 2.96. The maximum atomic E-state index is 11.0. The highest BCUT2D eigenvalue weighted by Gasteiger charge is 2.03. The average molecular weight is 216 g/mol. The summed E-state index contributed by atoms with van der Waals surface area (Å²) in [6, 6.07) is 3.11. The normalized spacial score (nSPS) is 9.64. The Morgan fingerprint density at radius 1 is 1.55 bits per heavy atom. The molecule has 58 valence electrons. The fourth-order valence-electron chi connectivity index (χ4n) is 0.727. The zero-order valence-electron chi connectivity index (χ0n) is 5.85. The molecule has 0 bridgehead atoms. The first-order valence-corrected chi connectivity index (χ1v) is 3.80. The Labute approximate surface area is 71.6 Å². The van der Waals surface area contributed by atoms with E-state index in [1.165, 1.54) is 13.0 Å². The summed E-state index contributed by atoms with van der Waals surface area (Å²) in [5, 5.41) is 0. The smallest absolute Gasteiger partial charge is 0.259 e. The minimum absolute atomic E-state index is 0.188. The Hall–Kier alpha value is -0.900. The quantitative estimate of drug-likeness (QED) is 0.568. The molecule has 0 amide bonds. The molecule has 0 aromatic carbocycles. The van der Waals surface area contributed by atoms with Crippen molar-refractivity contribution in [1.29, 1.82) is 0 Å². The number of pyridine rings is 1. The molecule has 0 aliphatic carbocycles. The number of hydrogen-bond donors (Lipinski definition) is 1.